The second kappa shape index (κ2) is 6.70. The fourth-order valence-electron chi connectivity index (χ4n) is 1.44. The Balaban J connectivity index is 2.76. The number of carbonyl (C=O) groups excluding carboxylic acids is 1. The number of hydrogen-bond donors (Lipinski definition) is 1. The number of anilines is 1. The van der Waals surface area contributed by atoms with E-state index in [0.717, 1.165) is 17.9 Å². The van der Waals surface area contributed by atoms with Crippen LogP contribution in [-0.2, 0) is 4.79 Å². The van der Waals surface area contributed by atoms with Crippen LogP contribution >= 0.6 is 11.8 Å². The van der Waals surface area contributed by atoms with Gasteiger partial charge in [0.05, 0.1) is 6.04 Å². The molecule has 0 aliphatic rings. The van der Waals surface area contributed by atoms with Crippen molar-refractivity contribution in [2.45, 2.75) is 12.5 Å². The van der Waals surface area contributed by atoms with Crippen molar-refractivity contribution in [2.75, 3.05) is 24.0 Å². The molecule has 6 heteroatoms. The lowest BCUT2D eigenvalue weighted by Crippen LogP contribution is -2.42. The quantitative estimate of drug-likeness (QED) is 0.893. The van der Waals surface area contributed by atoms with E-state index in [4.69, 9.17) is 5.73 Å². The van der Waals surface area contributed by atoms with Gasteiger partial charge in [0.25, 0.3) is 0 Å². The van der Waals surface area contributed by atoms with Crippen molar-refractivity contribution in [3.63, 3.8) is 0 Å². The highest BCUT2D eigenvalue weighted by molar-refractivity contribution is 7.98. The van der Waals surface area contributed by atoms with Crippen molar-refractivity contribution >= 4 is 23.4 Å². The molecule has 0 aliphatic heterocycles. The third-order valence-corrected chi connectivity index (χ3v) is 3.22. The zero-order valence-corrected chi connectivity index (χ0v) is 11.1. The number of thioether (sulfide) groups is 1. The standard InChI is InChI=1S/C12H16F2N2OS/c1-16(12(17)11(15)5-6-18-2)8-3-4-9(13)10(14)7-8/h3-4,7,11H,5-6,15H2,1-2H3/t11-/m1/s1. The Labute approximate surface area is 109 Å². The summed E-state index contributed by atoms with van der Waals surface area (Å²) in [6.07, 6.45) is 2.48. The summed E-state index contributed by atoms with van der Waals surface area (Å²) in [7, 11) is 1.49. The summed E-state index contributed by atoms with van der Waals surface area (Å²) in [5, 5.41) is 0. The van der Waals surface area contributed by atoms with Crippen molar-refractivity contribution in [1.82, 2.24) is 0 Å². The number of nitrogens with two attached hydrogens (primary N) is 1. The molecule has 18 heavy (non-hydrogen) atoms. The molecule has 0 radical (unpaired) electrons. The van der Waals surface area contributed by atoms with Crippen molar-refractivity contribution in [1.29, 1.82) is 0 Å². The molecule has 3 nitrogen and oxygen atoms in total. The fraction of sp³-hybridized carbons (Fsp3) is 0.417. The minimum atomic E-state index is -0.982. The first-order valence-electron chi connectivity index (χ1n) is 5.44. The minimum Gasteiger partial charge on any atom is -0.320 e. The molecule has 0 aromatic heterocycles. The van der Waals surface area contributed by atoms with E-state index in [2.05, 4.69) is 0 Å². The molecular weight excluding hydrogens is 258 g/mol. The Hall–Kier alpha value is -1.14. The number of hydrogen-bond acceptors (Lipinski definition) is 3. The summed E-state index contributed by atoms with van der Waals surface area (Å²) in [5.74, 6) is -1.45. The molecule has 1 aromatic carbocycles. The van der Waals surface area contributed by atoms with E-state index < -0.39 is 17.7 Å². The first kappa shape index (κ1) is 14.9. The average molecular weight is 274 g/mol. The lowest BCUT2D eigenvalue weighted by molar-refractivity contribution is -0.119. The molecule has 100 valence electrons. The predicted molar refractivity (Wildman–Crippen MR) is 70.7 cm³/mol. The third kappa shape index (κ3) is 3.68. The maximum atomic E-state index is 13.1. The van der Waals surface area contributed by atoms with Gasteiger partial charge in [0.2, 0.25) is 5.91 Å². The molecule has 1 amide bonds. The molecule has 0 spiro atoms. The summed E-state index contributed by atoms with van der Waals surface area (Å²) < 4.78 is 25.8. The zero-order valence-electron chi connectivity index (χ0n) is 10.3. The van der Waals surface area contributed by atoms with Crippen LogP contribution in [0.3, 0.4) is 0 Å². The maximum absolute atomic E-state index is 13.1. The van der Waals surface area contributed by atoms with Crippen LogP contribution in [0.1, 0.15) is 6.42 Å². The van der Waals surface area contributed by atoms with Crippen LogP contribution in [0.2, 0.25) is 0 Å². The SMILES string of the molecule is CSCC[C@@H](N)C(=O)N(C)c1ccc(F)c(F)c1. The second-order valence-electron chi connectivity index (χ2n) is 3.88. The number of carbonyl (C=O) groups is 1. The van der Waals surface area contributed by atoms with E-state index in [1.54, 1.807) is 11.8 Å². The van der Waals surface area contributed by atoms with Crippen LogP contribution in [-0.4, -0.2) is 31.0 Å². The van der Waals surface area contributed by atoms with Gasteiger partial charge in [-0.2, -0.15) is 11.8 Å². The van der Waals surface area contributed by atoms with Gasteiger partial charge in [-0.25, -0.2) is 8.78 Å². The largest absolute Gasteiger partial charge is 0.320 e. The highest BCUT2D eigenvalue weighted by Crippen LogP contribution is 2.17. The van der Waals surface area contributed by atoms with Crippen LogP contribution in [0.5, 0.6) is 0 Å². The Morgan fingerprint density at radius 2 is 2.11 bits per heavy atom. The first-order chi connectivity index (χ1) is 8.47. The zero-order chi connectivity index (χ0) is 13.7. The predicted octanol–water partition coefficient (Wildman–Crippen LogP) is 2.01. The molecule has 0 saturated carbocycles. The third-order valence-electron chi connectivity index (χ3n) is 2.57. The van der Waals surface area contributed by atoms with Gasteiger partial charge in [0.15, 0.2) is 11.6 Å². The summed E-state index contributed by atoms with van der Waals surface area (Å²) >= 11 is 1.60. The van der Waals surface area contributed by atoms with Gasteiger partial charge in [-0.15, -0.1) is 0 Å². The number of halogens is 2. The van der Waals surface area contributed by atoms with Gasteiger partial charge in [0.1, 0.15) is 0 Å². The molecular formula is C12H16F2N2OS. The summed E-state index contributed by atoms with van der Waals surface area (Å²) in [6, 6.07) is 2.68. The number of nitrogens with zero attached hydrogens (tertiary/aromatic N) is 1. The van der Waals surface area contributed by atoms with Crippen molar-refractivity contribution in [2.24, 2.45) is 5.73 Å². The van der Waals surface area contributed by atoms with E-state index in [9.17, 15) is 13.6 Å². The summed E-state index contributed by atoms with van der Waals surface area (Å²) in [6.45, 7) is 0. The van der Waals surface area contributed by atoms with E-state index in [-0.39, 0.29) is 5.91 Å². The summed E-state index contributed by atoms with van der Waals surface area (Å²) in [5.41, 5.74) is 6.03. The molecule has 0 bridgehead atoms. The molecule has 0 aliphatic carbocycles. The Bertz CT molecular complexity index is 429. The lowest BCUT2D eigenvalue weighted by atomic mass is 10.2. The lowest BCUT2D eigenvalue weighted by Gasteiger charge is -2.21. The molecule has 1 atom stereocenters. The fourth-order valence-corrected chi connectivity index (χ4v) is 1.93. The van der Waals surface area contributed by atoms with Crippen LogP contribution in [0.15, 0.2) is 18.2 Å². The Morgan fingerprint density at radius 3 is 2.67 bits per heavy atom. The average Bonchev–Trinajstić information content (AvgIpc) is 2.37. The van der Waals surface area contributed by atoms with Crippen LogP contribution in [0.25, 0.3) is 0 Å². The van der Waals surface area contributed by atoms with Gasteiger partial charge in [-0.1, -0.05) is 0 Å². The monoisotopic (exact) mass is 274 g/mol. The van der Waals surface area contributed by atoms with Gasteiger partial charge < -0.3 is 10.6 Å². The highest BCUT2D eigenvalue weighted by Gasteiger charge is 2.19. The van der Waals surface area contributed by atoms with Gasteiger partial charge in [-0.05, 0) is 30.6 Å². The van der Waals surface area contributed by atoms with E-state index in [1.807, 2.05) is 6.26 Å². The normalized spacial score (nSPS) is 12.3. The van der Waals surface area contributed by atoms with Crippen molar-refractivity contribution in [3.05, 3.63) is 29.8 Å². The molecule has 1 aromatic rings. The van der Waals surface area contributed by atoms with Gasteiger partial charge in [0, 0.05) is 18.8 Å². The highest BCUT2D eigenvalue weighted by atomic mass is 32.2. The maximum Gasteiger partial charge on any atom is 0.243 e. The number of amides is 1. The summed E-state index contributed by atoms with van der Waals surface area (Å²) in [4.78, 5) is 13.2. The van der Waals surface area contributed by atoms with Gasteiger partial charge in [-0.3, -0.25) is 4.79 Å². The number of likely N-dealkylation sites (N-methyl/N-ethyl adjacent to an activating group) is 1. The van der Waals surface area contributed by atoms with E-state index in [1.165, 1.54) is 18.0 Å². The molecule has 0 heterocycles. The second-order valence-corrected chi connectivity index (χ2v) is 4.87. The Morgan fingerprint density at radius 1 is 1.44 bits per heavy atom. The molecule has 0 saturated heterocycles. The van der Waals surface area contributed by atoms with Gasteiger partial charge >= 0.3 is 0 Å². The van der Waals surface area contributed by atoms with E-state index >= 15 is 0 Å². The van der Waals surface area contributed by atoms with E-state index in [0.29, 0.717) is 12.1 Å². The van der Waals surface area contributed by atoms with Crippen molar-refractivity contribution < 1.29 is 13.6 Å². The van der Waals surface area contributed by atoms with Crippen LogP contribution in [0, 0.1) is 11.6 Å². The molecule has 0 unspecified atom stereocenters. The number of benzene rings is 1. The molecule has 2 N–H and O–H groups in total. The van der Waals surface area contributed by atoms with Crippen LogP contribution in [0.4, 0.5) is 14.5 Å². The van der Waals surface area contributed by atoms with Crippen molar-refractivity contribution in [3.8, 4) is 0 Å². The first-order valence-corrected chi connectivity index (χ1v) is 6.84. The smallest absolute Gasteiger partial charge is 0.243 e. The topological polar surface area (TPSA) is 46.3 Å². The minimum absolute atomic E-state index is 0.290. The number of rotatable bonds is 5. The van der Waals surface area contributed by atoms with Crippen LogP contribution < -0.4 is 10.6 Å². The molecule has 0 fully saturated rings. The molecule has 1 rings (SSSR count). The Kier molecular flexibility index (Phi) is 5.55.